The number of hydrogen-bond acceptors (Lipinski definition) is 4. The zero-order valence-corrected chi connectivity index (χ0v) is 22.3. The second-order valence-corrected chi connectivity index (χ2v) is 7.90. The van der Waals surface area contributed by atoms with Gasteiger partial charge in [-0.25, -0.2) is 0 Å². The molecule has 0 bridgehead atoms. The molecular weight excluding hydrogens is 436 g/mol. The molecule has 1 saturated carbocycles. The highest BCUT2D eigenvalue weighted by Gasteiger charge is 2.23. The number of hydrogen-bond donors (Lipinski definition) is 0. The number of aryl methyl sites for hydroxylation is 1. The van der Waals surface area contributed by atoms with Gasteiger partial charge in [-0.3, -0.25) is 4.79 Å². The van der Waals surface area contributed by atoms with Crippen molar-refractivity contribution in [2.75, 3.05) is 27.4 Å². The van der Waals surface area contributed by atoms with Crippen LogP contribution in [0.5, 0.6) is 5.75 Å². The fraction of sp³-hybridized carbons (Fsp3) is 0.452. The first kappa shape index (κ1) is 32.0. The lowest BCUT2D eigenvalue weighted by atomic mass is 9.95. The molecular formula is C31H44O4. The Morgan fingerprint density at radius 2 is 1.69 bits per heavy atom. The minimum absolute atomic E-state index is 0.223. The van der Waals surface area contributed by atoms with E-state index in [0.29, 0.717) is 13.2 Å². The van der Waals surface area contributed by atoms with E-state index in [-0.39, 0.29) is 12.4 Å². The molecule has 0 heterocycles. The zero-order chi connectivity index (χ0) is 26.5. The van der Waals surface area contributed by atoms with Crippen molar-refractivity contribution in [3.05, 3.63) is 71.8 Å². The highest BCUT2D eigenvalue weighted by molar-refractivity contribution is 5.85. The lowest BCUT2D eigenvalue weighted by Crippen LogP contribution is -2.06. The van der Waals surface area contributed by atoms with Crippen LogP contribution in [-0.4, -0.2) is 33.4 Å². The van der Waals surface area contributed by atoms with Crippen LogP contribution < -0.4 is 4.74 Å². The van der Waals surface area contributed by atoms with Gasteiger partial charge in [-0.2, -0.15) is 0 Å². The van der Waals surface area contributed by atoms with Gasteiger partial charge in [0, 0.05) is 14.2 Å². The van der Waals surface area contributed by atoms with Crippen molar-refractivity contribution in [3.63, 3.8) is 0 Å². The Hall–Kier alpha value is -3.03. The summed E-state index contributed by atoms with van der Waals surface area (Å²) in [5.74, 6) is 1.39. The molecule has 0 radical (unpaired) electrons. The van der Waals surface area contributed by atoms with E-state index in [2.05, 4.69) is 54.5 Å². The summed E-state index contributed by atoms with van der Waals surface area (Å²) in [6.07, 6.45) is 13.8. The molecule has 2 aromatic rings. The summed E-state index contributed by atoms with van der Waals surface area (Å²) < 4.78 is 15.3. The first-order valence-corrected chi connectivity index (χ1v) is 12.4. The van der Waals surface area contributed by atoms with Gasteiger partial charge < -0.3 is 14.2 Å². The van der Waals surface area contributed by atoms with Crippen LogP contribution in [0.2, 0.25) is 0 Å². The number of terminal acetylenes is 1. The van der Waals surface area contributed by atoms with E-state index in [9.17, 15) is 4.79 Å². The number of carbonyl (C=O) groups excluding carboxylic acids is 1. The number of rotatable bonds is 11. The van der Waals surface area contributed by atoms with Crippen molar-refractivity contribution in [2.24, 2.45) is 5.92 Å². The van der Waals surface area contributed by atoms with E-state index >= 15 is 0 Å². The number of esters is 1. The van der Waals surface area contributed by atoms with Crippen LogP contribution in [-0.2, 0) is 27.1 Å². The second kappa shape index (κ2) is 20.4. The Labute approximate surface area is 213 Å². The van der Waals surface area contributed by atoms with Gasteiger partial charge in [0.05, 0.1) is 19.6 Å². The smallest absolute Gasteiger partial charge is 0.310 e. The van der Waals surface area contributed by atoms with Gasteiger partial charge in [0.15, 0.2) is 0 Å². The molecule has 0 amide bonds. The van der Waals surface area contributed by atoms with Gasteiger partial charge in [-0.05, 0) is 79.3 Å². The highest BCUT2D eigenvalue weighted by atomic mass is 16.5. The van der Waals surface area contributed by atoms with E-state index in [1.165, 1.54) is 24.0 Å². The third kappa shape index (κ3) is 14.1. The fourth-order valence-corrected chi connectivity index (χ4v) is 3.38. The Morgan fingerprint density at radius 1 is 1.06 bits per heavy atom. The molecule has 0 aromatic heterocycles. The maximum absolute atomic E-state index is 11.9. The summed E-state index contributed by atoms with van der Waals surface area (Å²) in [4.78, 5) is 11.9. The van der Waals surface area contributed by atoms with Crippen LogP contribution in [0.15, 0.2) is 55.1 Å². The lowest BCUT2D eigenvalue weighted by Gasteiger charge is -2.15. The SMILES string of the molecule is C#C.C=C(CC(=O)OCC)c1cc(OCCCc2ccccc2)ccc1CC1CC1.CC.COC. The van der Waals surface area contributed by atoms with Crippen LogP contribution >= 0.6 is 0 Å². The van der Waals surface area contributed by atoms with Gasteiger partial charge in [0.2, 0.25) is 0 Å². The molecule has 1 aliphatic carbocycles. The summed E-state index contributed by atoms with van der Waals surface area (Å²) >= 11 is 0. The van der Waals surface area contributed by atoms with E-state index in [4.69, 9.17) is 9.47 Å². The monoisotopic (exact) mass is 480 g/mol. The molecule has 4 nitrogen and oxygen atoms in total. The Balaban J connectivity index is 0.00000150. The molecule has 0 unspecified atom stereocenters. The van der Waals surface area contributed by atoms with E-state index in [0.717, 1.165) is 42.1 Å². The molecule has 192 valence electrons. The largest absolute Gasteiger partial charge is 0.494 e. The molecule has 0 saturated heterocycles. The predicted octanol–water partition coefficient (Wildman–Crippen LogP) is 7.16. The van der Waals surface area contributed by atoms with Gasteiger partial charge in [-0.15, -0.1) is 12.8 Å². The normalized spacial score (nSPS) is 11.3. The molecule has 0 spiro atoms. The zero-order valence-electron chi connectivity index (χ0n) is 22.3. The average molecular weight is 481 g/mol. The van der Waals surface area contributed by atoms with Gasteiger partial charge >= 0.3 is 5.97 Å². The van der Waals surface area contributed by atoms with Crippen molar-refractivity contribution < 1.29 is 19.0 Å². The minimum atomic E-state index is -0.223. The van der Waals surface area contributed by atoms with Gasteiger partial charge in [-0.1, -0.05) is 56.8 Å². The number of methoxy groups -OCH3 is 1. The van der Waals surface area contributed by atoms with E-state index in [1.807, 2.05) is 39.0 Å². The standard InChI is InChI=1S/C25H30O3.C2H6O.C2H6.C2H2/c1-3-27-25(26)16-19(2)24-18-23(14-13-22(24)17-21-11-12-21)28-15-7-10-20-8-5-4-6-9-20;1-3-2;2*1-2/h4-6,8-9,13-14,18,21H,2-3,7,10-12,15-17H2,1H3;1-2H3;1-2H3;1-2H. The summed E-state index contributed by atoms with van der Waals surface area (Å²) in [5, 5.41) is 0. The Morgan fingerprint density at radius 3 is 2.26 bits per heavy atom. The van der Waals surface area contributed by atoms with Gasteiger partial charge in [0.1, 0.15) is 5.75 Å². The molecule has 35 heavy (non-hydrogen) atoms. The first-order valence-electron chi connectivity index (χ1n) is 12.4. The van der Waals surface area contributed by atoms with Crippen molar-refractivity contribution >= 4 is 11.5 Å². The predicted molar refractivity (Wildman–Crippen MR) is 148 cm³/mol. The lowest BCUT2D eigenvalue weighted by molar-refractivity contribution is -0.141. The maximum Gasteiger partial charge on any atom is 0.310 e. The van der Waals surface area contributed by atoms with Crippen molar-refractivity contribution in [3.8, 4) is 18.6 Å². The molecule has 2 aromatic carbocycles. The third-order valence-electron chi connectivity index (χ3n) is 5.05. The molecule has 4 heteroatoms. The molecule has 0 aliphatic heterocycles. The van der Waals surface area contributed by atoms with Crippen LogP contribution in [0.1, 0.15) is 63.1 Å². The molecule has 0 N–H and O–H groups in total. The van der Waals surface area contributed by atoms with Crippen LogP contribution in [0.4, 0.5) is 0 Å². The third-order valence-corrected chi connectivity index (χ3v) is 5.05. The minimum Gasteiger partial charge on any atom is -0.494 e. The van der Waals surface area contributed by atoms with Crippen LogP contribution in [0.25, 0.3) is 5.57 Å². The Bertz CT molecular complexity index is 851. The molecule has 3 rings (SSSR count). The van der Waals surface area contributed by atoms with Crippen molar-refractivity contribution in [1.82, 2.24) is 0 Å². The fourth-order valence-electron chi connectivity index (χ4n) is 3.38. The van der Waals surface area contributed by atoms with E-state index in [1.54, 1.807) is 14.2 Å². The van der Waals surface area contributed by atoms with E-state index < -0.39 is 0 Å². The summed E-state index contributed by atoms with van der Waals surface area (Å²) in [7, 11) is 3.25. The topological polar surface area (TPSA) is 44.8 Å². The van der Waals surface area contributed by atoms with Crippen molar-refractivity contribution in [1.29, 1.82) is 0 Å². The van der Waals surface area contributed by atoms with Crippen LogP contribution in [0.3, 0.4) is 0 Å². The molecule has 1 fully saturated rings. The van der Waals surface area contributed by atoms with Gasteiger partial charge in [0.25, 0.3) is 0 Å². The Kier molecular flexibility index (Phi) is 18.6. The summed E-state index contributed by atoms with van der Waals surface area (Å²) in [5.41, 5.74) is 4.44. The quantitative estimate of drug-likeness (QED) is 0.194. The maximum atomic E-state index is 11.9. The molecule has 1 aliphatic rings. The first-order chi connectivity index (χ1) is 17.1. The number of carbonyl (C=O) groups is 1. The summed E-state index contributed by atoms with van der Waals surface area (Å²) in [6, 6.07) is 16.7. The second-order valence-electron chi connectivity index (χ2n) is 7.90. The summed E-state index contributed by atoms with van der Waals surface area (Å²) in [6.45, 7) is 11.0. The highest BCUT2D eigenvalue weighted by Crippen LogP contribution is 2.36. The molecule has 0 atom stereocenters. The number of benzene rings is 2. The average Bonchev–Trinajstić information content (AvgIpc) is 3.70. The number of ether oxygens (including phenoxy) is 3. The van der Waals surface area contributed by atoms with Crippen molar-refractivity contribution in [2.45, 2.75) is 59.3 Å². The van der Waals surface area contributed by atoms with Crippen LogP contribution in [0, 0.1) is 18.8 Å².